The van der Waals surface area contributed by atoms with Crippen molar-refractivity contribution in [1.82, 2.24) is 0 Å². The quantitative estimate of drug-likeness (QED) is 0.165. The molecule has 0 atom stereocenters. The van der Waals surface area contributed by atoms with E-state index < -0.39 is 0 Å². The van der Waals surface area contributed by atoms with Gasteiger partial charge in [-0.15, -0.1) is 0 Å². The van der Waals surface area contributed by atoms with E-state index in [1.165, 1.54) is 116 Å². The summed E-state index contributed by atoms with van der Waals surface area (Å²) < 4.78 is 0. The summed E-state index contributed by atoms with van der Waals surface area (Å²) in [5.41, 5.74) is 0. The van der Waals surface area contributed by atoms with Gasteiger partial charge >= 0.3 is 0 Å². The minimum atomic E-state index is 1.30. The van der Waals surface area contributed by atoms with Crippen molar-refractivity contribution in [2.45, 2.75) is 129 Å². The van der Waals surface area contributed by atoms with Crippen LogP contribution in [0.4, 0.5) is 0 Å². The molecule has 0 aliphatic rings. The van der Waals surface area contributed by atoms with Gasteiger partial charge in [-0.05, 0) is 32.1 Å². The predicted octanol–water partition coefficient (Wildman–Crippen LogP) is 8.81. The molecule has 0 fully saturated rings. The van der Waals surface area contributed by atoms with Crippen LogP contribution in [0, 0.1) is 6.42 Å². The Bertz CT molecular complexity index is 216. The third kappa shape index (κ3) is 21.7. The van der Waals surface area contributed by atoms with Crippen molar-refractivity contribution in [2.24, 2.45) is 0 Å². The highest BCUT2D eigenvalue weighted by Gasteiger charge is 1.93. The summed E-state index contributed by atoms with van der Waals surface area (Å²) in [6.45, 7) is 4.57. The maximum absolute atomic E-state index is 2.51. The monoisotopic (exact) mass is 321 g/mol. The van der Waals surface area contributed by atoms with Gasteiger partial charge in [0, 0.05) is 0 Å². The zero-order valence-corrected chi connectivity index (χ0v) is 16.5. The van der Waals surface area contributed by atoms with Crippen LogP contribution in [0.5, 0.6) is 0 Å². The molecule has 0 unspecified atom stereocenters. The molecule has 0 bridgehead atoms. The molecule has 23 heavy (non-hydrogen) atoms. The molecule has 0 aliphatic carbocycles. The lowest BCUT2D eigenvalue weighted by Gasteiger charge is -2.01. The Morgan fingerprint density at radius 1 is 0.391 bits per heavy atom. The molecule has 0 aromatic heterocycles. The Morgan fingerprint density at radius 2 is 0.739 bits per heavy atom. The first-order chi connectivity index (χ1) is 11.4. The fourth-order valence-electron chi connectivity index (χ4n) is 3.04. The van der Waals surface area contributed by atoms with Crippen LogP contribution in [0.3, 0.4) is 0 Å². The van der Waals surface area contributed by atoms with E-state index in [9.17, 15) is 0 Å². The maximum atomic E-state index is 2.51. The SMILES string of the molecule is CCCCC[CH]CCCCCCC/C=C\CCCCCCCC. The van der Waals surface area contributed by atoms with Gasteiger partial charge in [0.25, 0.3) is 0 Å². The molecule has 0 N–H and O–H groups in total. The lowest BCUT2D eigenvalue weighted by atomic mass is 10.1. The molecule has 0 nitrogen and oxygen atoms in total. The summed E-state index contributed by atoms with van der Waals surface area (Å²) in [6.07, 6.45) is 32.4. The van der Waals surface area contributed by atoms with Gasteiger partial charge in [-0.25, -0.2) is 0 Å². The average molecular weight is 322 g/mol. The van der Waals surface area contributed by atoms with Gasteiger partial charge in [0.15, 0.2) is 0 Å². The normalized spacial score (nSPS) is 11.6. The molecule has 0 spiro atoms. The van der Waals surface area contributed by atoms with Crippen molar-refractivity contribution >= 4 is 0 Å². The lowest BCUT2D eigenvalue weighted by molar-refractivity contribution is 0.600. The summed E-state index contributed by atoms with van der Waals surface area (Å²) in [4.78, 5) is 0. The summed E-state index contributed by atoms with van der Waals surface area (Å²) in [6, 6.07) is 0. The van der Waals surface area contributed by atoms with Gasteiger partial charge in [0.05, 0.1) is 0 Å². The molecule has 0 aromatic carbocycles. The van der Waals surface area contributed by atoms with Crippen LogP contribution in [0.2, 0.25) is 0 Å². The molecular formula is C23H45. The molecule has 0 saturated heterocycles. The summed E-state index contributed by atoms with van der Waals surface area (Å²) in [5, 5.41) is 0. The van der Waals surface area contributed by atoms with Crippen LogP contribution in [-0.4, -0.2) is 0 Å². The Balaban J connectivity index is 3.02. The van der Waals surface area contributed by atoms with Gasteiger partial charge < -0.3 is 0 Å². The van der Waals surface area contributed by atoms with Gasteiger partial charge in [-0.1, -0.05) is 116 Å². The Morgan fingerprint density at radius 3 is 1.26 bits per heavy atom. The highest BCUT2D eigenvalue weighted by Crippen LogP contribution is 2.12. The minimum Gasteiger partial charge on any atom is -0.0885 e. The maximum Gasteiger partial charge on any atom is -0.0351 e. The fraction of sp³-hybridized carbons (Fsp3) is 0.870. The van der Waals surface area contributed by atoms with E-state index in [2.05, 4.69) is 32.4 Å². The van der Waals surface area contributed by atoms with E-state index in [1.54, 1.807) is 0 Å². The van der Waals surface area contributed by atoms with Crippen LogP contribution >= 0.6 is 0 Å². The molecule has 137 valence electrons. The number of hydrogen-bond donors (Lipinski definition) is 0. The lowest BCUT2D eigenvalue weighted by Crippen LogP contribution is -1.82. The number of allylic oxidation sites excluding steroid dienone is 2. The Kier molecular flexibility index (Phi) is 21.5. The molecule has 0 rings (SSSR count). The van der Waals surface area contributed by atoms with Gasteiger partial charge in [-0.3, -0.25) is 0 Å². The summed E-state index contributed by atoms with van der Waals surface area (Å²) >= 11 is 0. The Hall–Kier alpha value is -0.260. The standard InChI is InChI=1S/C23H45/c1-3-5-7-9-11-13-15-17-19-21-23-22-20-18-16-14-12-10-8-6-4-2/h11,18,20H,3-10,12-17,19,21-23H2,1-2H3/b20-18-. The van der Waals surface area contributed by atoms with Crippen molar-refractivity contribution in [3.63, 3.8) is 0 Å². The number of unbranched alkanes of at least 4 members (excludes halogenated alkanes) is 17. The minimum absolute atomic E-state index is 1.30. The van der Waals surface area contributed by atoms with Gasteiger partial charge in [0.1, 0.15) is 0 Å². The van der Waals surface area contributed by atoms with E-state index in [1.807, 2.05) is 0 Å². The summed E-state index contributed by atoms with van der Waals surface area (Å²) in [7, 11) is 0. The van der Waals surface area contributed by atoms with Gasteiger partial charge in [0.2, 0.25) is 0 Å². The van der Waals surface area contributed by atoms with Crippen LogP contribution in [0.25, 0.3) is 0 Å². The molecular weight excluding hydrogens is 276 g/mol. The molecule has 0 saturated carbocycles. The zero-order valence-electron chi connectivity index (χ0n) is 16.5. The zero-order chi connectivity index (χ0) is 16.8. The Labute approximate surface area is 148 Å². The molecule has 0 heterocycles. The average Bonchev–Trinajstić information content (AvgIpc) is 2.57. The van der Waals surface area contributed by atoms with Crippen LogP contribution in [0.1, 0.15) is 129 Å². The van der Waals surface area contributed by atoms with E-state index in [0.29, 0.717) is 0 Å². The third-order valence-corrected chi connectivity index (χ3v) is 4.68. The molecule has 0 aromatic rings. The van der Waals surface area contributed by atoms with Crippen LogP contribution in [-0.2, 0) is 0 Å². The number of hydrogen-bond acceptors (Lipinski definition) is 0. The highest BCUT2D eigenvalue weighted by molar-refractivity contribution is 4.81. The van der Waals surface area contributed by atoms with Gasteiger partial charge in [-0.2, -0.15) is 0 Å². The fourth-order valence-corrected chi connectivity index (χ4v) is 3.04. The second-order valence-corrected chi connectivity index (χ2v) is 7.16. The van der Waals surface area contributed by atoms with Crippen LogP contribution < -0.4 is 0 Å². The van der Waals surface area contributed by atoms with Crippen molar-refractivity contribution in [1.29, 1.82) is 0 Å². The van der Waals surface area contributed by atoms with E-state index in [-0.39, 0.29) is 0 Å². The van der Waals surface area contributed by atoms with Crippen molar-refractivity contribution in [3.05, 3.63) is 18.6 Å². The highest BCUT2D eigenvalue weighted by atomic mass is 14.0. The topological polar surface area (TPSA) is 0 Å². The van der Waals surface area contributed by atoms with Crippen molar-refractivity contribution in [2.75, 3.05) is 0 Å². The number of rotatable bonds is 19. The molecule has 0 amide bonds. The summed E-state index contributed by atoms with van der Waals surface area (Å²) in [5.74, 6) is 0. The van der Waals surface area contributed by atoms with Crippen molar-refractivity contribution in [3.8, 4) is 0 Å². The second-order valence-electron chi connectivity index (χ2n) is 7.16. The molecule has 1 radical (unpaired) electrons. The van der Waals surface area contributed by atoms with Crippen molar-refractivity contribution < 1.29 is 0 Å². The van der Waals surface area contributed by atoms with E-state index >= 15 is 0 Å². The first kappa shape index (κ1) is 22.7. The third-order valence-electron chi connectivity index (χ3n) is 4.68. The smallest absolute Gasteiger partial charge is 0.0351 e. The second kappa shape index (κ2) is 21.7. The van der Waals surface area contributed by atoms with Crippen LogP contribution in [0.15, 0.2) is 12.2 Å². The first-order valence-corrected chi connectivity index (χ1v) is 10.9. The van der Waals surface area contributed by atoms with E-state index in [0.717, 1.165) is 0 Å². The molecule has 0 aliphatic heterocycles. The largest absolute Gasteiger partial charge is 0.0885 e. The van der Waals surface area contributed by atoms with E-state index in [4.69, 9.17) is 0 Å². The predicted molar refractivity (Wildman–Crippen MR) is 108 cm³/mol. The first-order valence-electron chi connectivity index (χ1n) is 10.9. The molecule has 0 heteroatoms.